The Morgan fingerprint density at radius 3 is 2.62 bits per heavy atom. The quantitative estimate of drug-likeness (QED) is 0.690. The number of rotatable bonds is 6. The monoisotopic (exact) mass is 351 g/mol. The van der Waals surface area contributed by atoms with E-state index >= 15 is 0 Å². The van der Waals surface area contributed by atoms with E-state index in [4.69, 9.17) is 9.15 Å². The molecular weight excluding hydrogens is 330 g/mol. The number of fused-ring (bicyclic) bond motifs is 1. The molecule has 5 heteroatoms. The molecule has 0 saturated heterocycles. The molecular formula is C21H21NO4. The van der Waals surface area contributed by atoms with Crippen molar-refractivity contribution in [2.24, 2.45) is 0 Å². The summed E-state index contributed by atoms with van der Waals surface area (Å²) in [6.45, 7) is 3.11. The smallest absolute Gasteiger partial charge is 0.251 e. The lowest BCUT2D eigenvalue weighted by molar-refractivity contribution is 0.0948. The first kappa shape index (κ1) is 17.9. The van der Waals surface area contributed by atoms with Gasteiger partial charge in [-0.25, -0.2) is 0 Å². The SMILES string of the molecule is COCCCNC(=O)c1ccc(-c2cc(=O)c3cc(C)ccc3o2)cc1. The van der Waals surface area contributed by atoms with E-state index in [-0.39, 0.29) is 11.3 Å². The highest BCUT2D eigenvalue weighted by Gasteiger charge is 2.09. The molecule has 26 heavy (non-hydrogen) atoms. The standard InChI is InChI=1S/C21H21NO4/c1-14-4-9-19-17(12-14)18(23)13-20(26-19)15-5-7-16(8-6-15)21(24)22-10-3-11-25-2/h4-9,12-13H,3,10-11H2,1-2H3,(H,22,24). The molecule has 0 atom stereocenters. The van der Waals surface area contributed by atoms with E-state index in [1.807, 2.05) is 19.1 Å². The summed E-state index contributed by atoms with van der Waals surface area (Å²) in [6.07, 6.45) is 0.766. The van der Waals surface area contributed by atoms with Crippen molar-refractivity contribution in [1.29, 1.82) is 0 Å². The summed E-state index contributed by atoms with van der Waals surface area (Å²) in [5.41, 5.74) is 2.80. The van der Waals surface area contributed by atoms with Gasteiger partial charge in [-0.1, -0.05) is 23.8 Å². The number of methoxy groups -OCH3 is 1. The Labute approximate surface area is 151 Å². The van der Waals surface area contributed by atoms with Gasteiger partial charge in [0.2, 0.25) is 0 Å². The largest absolute Gasteiger partial charge is 0.456 e. The zero-order valence-corrected chi connectivity index (χ0v) is 14.9. The molecule has 0 aliphatic rings. The predicted octanol–water partition coefficient (Wildman–Crippen LogP) is 3.53. The highest BCUT2D eigenvalue weighted by molar-refractivity contribution is 5.94. The number of benzene rings is 2. The minimum absolute atomic E-state index is 0.0788. The van der Waals surface area contributed by atoms with Crippen LogP contribution >= 0.6 is 0 Å². The van der Waals surface area contributed by atoms with E-state index in [2.05, 4.69) is 5.32 Å². The summed E-state index contributed by atoms with van der Waals surface area (Å²) >= 11 is 0. The number of aryl methyl sites for hydroxylation is 1. The number of ether oxygens (including phenoxy) is 1. The molecule has 1 aromatic heterocycles. The van der Waals surface area contributed by atoms with Crippen LogP contribution in [-0.2, 0) is 4.74 Å². The summed E-state index contributed by atoms with van der Waals surface area (Å²) in [7, 11) is 1.63. The number of amides is 1. The van der Waals surface area contributed by atoms with Gasteiger partial charge >= 0.3 is 0 Å². The van der Waals surface area contributed by atoms with Gasteiger partial charge in [-0.2, -0.15) is 0 Å². The molecule has 0 bridgehead atoms. The molecule has 0 unspecified atom stereocenters. The first-order chi connectivity index (χ1) is 12.6. The van der Waals surface area contributed by atoms with E-state index in [0.29, 0.717) is 35.4 Å². The Hall–Kier alpha value is -2.92. The summed E-state index contributed by atoms with van der Waals surface area (Å²) in [6, 6.07) is 14.0. The van der Waals surface area contributed by atoms with Crippen LogP contribution in [0.5, 0.6) is 0 Å². The van der Waals surface area contributed by atoms with E-state index in [9.17, 15) is 9.59 Å². The number of carbonyl (C=O) groups excluding carboxylic acids is 1. The molecule has 2 aromatic carbocycles. The molecule has 1 heterocycles. The van der Waals surface area contributed by atoms with Crippen molar-refractivity contribution in [2.45, 2.75) is 13.3 Å². The Morgan fingerprint density at radius 1 is 1.12 bits per heavy atom. The third-order valence-electron chi connectivity index (χ3n) is 4.13. The van der Waals surface area contributed by atoms with Crippen molar-refractivity contribution in [1.82, 2.24) is 5.32 Å². The molecule has 0 spiro atoms. The number of hydrogen-bond donors (Lipinski definition) is 1. The molecule has 1 N–H and O–H groups in total. The van der Waals surface area contributed by atoms with E-state index in [1.165, 1.54) is 6.07 Å². The topological polar surface area (TPSA) is 68.5 Å². The van der Waals surface area contributed by atoms with Gasteiger partial charge < -0.3 is 14.5 Å². The maximum absolute atomic E-state index is 12.3. The van der Waals surface area contributed by atoms with Crippen molar-refractivity contribution >= 4 is 16.9 Å². The average molecular weight is 351 g/mol. The Bertz CT molecular complexity index is 973. The first-order valence-electron chi connectivity index (χ1n) is 8.50. The Balaban J connectivity index is 1.80. The molecule has 3 rings (SSSR count). The van der Waals surface area contributed by atoms with Gasteiger partial charge in [0.1, 0.15) is 11.3 Å². The fourth-order valence-corrected chi connectivity index (χ4v) is 2.72. The van der Waals surface area contributed by atoms with Gasteiger partial charge in [0, 0.05) is 37.5 Å². The van der Waals surface area contributed by atoms with Crippen LogP contribution in [0, 0.1) is 6.92 Å². The van der Waals surface area contributed by atoms with E-state index in [1.54, 1.807) is 37.4 Å². The minimum Gasteiger partial charge on any atom is -0.456 e. The predicted molar refractivity (Wildman–Crippen MR) is 101 cm³/mol. The third-order valence-corrected chi connectivity index (χ3v) is 4.13. The molecule has 5 nitrogen and oxygen atoms in total. The molecule has 0 aliphatic carbocycles. The van der Waals surface area contributed by atoms with Crippen LogP contribution < -0.4 is 10.7 Å². The first-order valence-corrected chi connectivity index (χ1v) is 8.50. The van der Waals surface area contributed by atoms with Crippen LogP contribution in [-0.4, -0.2) is 26.2 Å². The molecule has 0 aliphatic heterocycles. The maximum Gasteiger partial charge on any atom is 0.251 e. The van der Waals surface area contributed by atoms with Crippen LogP contribution in [0.1, 0.15) is 22.3 Å². The molecule has 0 radical (unpaired) electrons. The van der Waals surface area contributed by atoms with Gasteiger partial charge in [-0.15, -0.1) is 0 Å². The van der Waals surface area contributed by atoms with Gasteiger partial charge in [-0.05, 0) is 37.6 Å². The van der Waals surface area contributed by atoms with Crippen molar-refractivity contribution in [3.8, 4) is 11.3 Å². The molecule has 1 amide bonds. The second-order valence-electron chi connectivity index (χ2n) is 6.15. The summed E-state index contributed by atoms with van der Waals surface area (Å²) in [5, 5.41) is 3.41. The molecule has 0 fully saturated rings. The fourth-order valence-electron chi connectivity index (χ4n) is 2.72. The van der Waals surface area contributed by atoms with Crippen molar-refractivity contribution in [2.75, 3.05) is 20.3 Å². The minimum atomic E-state index is -0.136. The van der Waals surface area contributed by atoms with E-state index in [0.717, 1.165) is 17.5 Å². The van der Waals surface area contributed by atoms with Gasteiger partial charge in [0.25, 0.3) is 5.91 Å². The van der Waals surface area contributed by atoms with Gasteiger partial charge in [-0.3, -0.25) is 9.59 Å². The summed E-state index contributed by atoms with van der Waals surface area (Å²) < 4.78 is 10.8. The molecule has 0 saturated carbocycles. The third kappa shape index (κ3) is 4.00. The van der Waals surface area contributed by atoms with Gasteiger partial charge in [0.15, 0.2) is 5.43 Å². The van der Waals surface area contributed by atoms with Crippen LogP contribution in [0.25, 0.3) is 22.3 Å². The number of nitrogens with one attached hydrogen (secondary N) is 1. The summed E-state index contributed by atoms with van der Waals surface area (Å²) in [5.74, 6) is 0.349. The lowest BCUT2D eigenvalue weighted by atomic mass is 10.1. The van der Waals surface area contributed by atoms with Gasteiger partial charge in [0.05, 0.1) is 5.39 Å². The second kappa shape index (κ2) is 7.97. The highest BCUT2D eigenvalue weighted by atomic mass is 16.5. The highest BCUT2D eigenvalue weighted by Crippen LogP contribution is 2.23. The Morgan fingerprint density at radius 2 is 1.88 bits per heavy atom. The van der Waals surface area contributed by atoms with Crippen molar-refractivity contribution in [3.63, 3.8) is 0 Å². The lowest BCUT2D eigenvalue weighted by Crippen LogP contribution is -2.25. The molecule has 3 aromatic rings. The number of carbonyl (C=O) groups is 1. The maximum atomic E-state index is 12.3. The number of hydrogen-bond acceptors (Lipinski definition) is 4. The fraction of sp³-hybridized carbons (Fsp3) is 0.238. The van der Waals surface area contributed by atoms with Crippen LogP contribution in [0.3, 0.4) is 0 Å². The lowest BCUT2D eigenvalue weighted by Gasteiger charge is -2.07. The zero-order valence-electron chi connectivity index (χ0n) is 14.9. The van der Waals surface area contributed by atoms with Crippen molar-refractivity contribution in [3.05, 3.63) is 69.9 Å². The van der Waals surface area contributed by atoms with Crippen LogP contribution in [0.15, 0.2) is 57.7 Å². The van der Waals surface area contributed by atoms with E-state index < -0.39 is 0 Å². The average Bonchev–Trinajstić information content (AvgIpc) is 2.65. The normalized spacial score (nSPS) is 10.8. The molecule has 134 valence electrons. The zero-order chi connectivity index (χ0) is 18.5. The van der Waals surface area contributed by atoms with Crippen LogP contribution in [0.2, 0.25) is 0 Å². The van der Waals surface area contributed by atoms with Crippen molar-refractivity contribution < 1.29 is 13.9 Å². The Kier molecular flexibility index (Phi) is 5.49. The van der Waals surface area contributed by atoms with Crippen LogP contribution in [0.4, 0.5) is 0 Å². The summed E-state index contributed by atoms with van der Waals surface area (Å²) in [4.78, 5) is 24.4. The second-order valence-corrected chi connectivity index (χ2v) is 6.15.